The fourth-order valence-corrected chi connectivity index (χ4v) is 2.90. The molecule has 0 spiro atoms. The highest BCUT2D eigenvalue weighted by molar-refractivity contribution is 5.88. The van der Waals surface area contributed by atoms with E-state index in [-0.39, 0.29) is 29.7 Å². The van der Waals surface area contributed by atoms with Gasteiger partial charge in [0.1, 0.15) is 17.8 Å². The average molecular weight is 380 g/mol. The molecular formula is C20H33N3O4. The minimum atomic E-state index is -0.460. The maximum Gasteiger partial charge on any atom is 0.292 e. The summed E-state index contributed by atoms with van der Waals surface area (Å²) >= 11 is 0. The second kappa shape index (κ2) is 13.9. The number of carbonyl (C=O) groups excluding carboxylic acids is 2. The highest BCUT2D eigenvalue weighted by Crippen LogP contribution is 2.31. The lowest BCUT2D eigenvalue weighted by molar-refractivity contribution is -0.384. The van der Waals surface area contributed by atoms with Crippen LogP contribution in [-0.4, -0.2) is 30.6 Å². The van der Waals surface area contributed by atoms with Crippen LogP contribution in [0.3, 0.4) is 0 Å². The Kier molecular flexibility index (Phi) is 12.7. The van der Waals surface area contributed by atoms with Gasteiger partial charge in [-0.15, -0.1) is 0 Å². The number of nitro benzene ring substituents is 1. The molecule has 0 aliphatic carbocycles. The van der Waals surface area contributed by atoms with Crippen molar-refractivity contribution in [1.29, 1.82) is 0 Å². The number of benzene rings is 1. The number of rotatable bonds is 12. The highest BCUT2D eigenvalue weighted by atomic mass is 16.6. The van der Waals surface area contributed by atoms with Crippen molar-refractivity contribution in [3.63, 3.8) is 0 Å². The minimum Gasteiger partial charge on any atom is -0.379 e. The number of carbonyl (C=O) groups is 2. The van der Waals surface area contributed by atoms with Crippen molar-refractivity contribution in [1.82, 2.24) is 0 Å². The zero-order valence-electron chi connectivity index (χ0n) is 16.9. The lowest BCUT2D eigenvalue weighted by Crippen LogP contribution is -2.20. The fourth-order valence-electron chi connectivity index (χ4n) is 2.90. The van der Waals surface area contributed by atoms with Crippen LogP contribution in [0.15, 0.2) is 18.2 Å². The van der Waals surface area contributed by atoms with Crippen molar-refractivity contribution in [2.45, 2.75) is 58.8 Å². The molecule has 0 heterocycles. The second-order valence-corrected chi connectivity index (χ2v) is 6.29. The number of nitrogens with two attached hydrogens (primary N) is 1. The fraction of sp³-hybridized carbons (Fsp3) is 0.600. The van der Waals surface area contributed by atoms with E-state index in [1.54, 1.807) is 12.1 Å². The van der Waals surface area contributed by atoms with Crippen LogP contribution in [0.1, 0.15) is 64.4 Å². The van der Waals surface area contributed by atoms with Crippen LogP contribution in [0.5, 0.6) is 0 Å². The molecule has 0 aliphatic heterocycles. The van der Waals surface area contributed by atoms with E-state index >= 15 is 0 Å². The molecule has 2 atom stereocenters. The first-order valence-electron chi connectivity index (χ1n) is 9.53. The van der Waals surface area contributed by atoms with E-state index in [0.717, 1.165) is 32.0 Å². The van der Waals surface area contributed by atoms with Gasteiger partial charge in [0.2, 0.25) is 0 Å². The monoisotopic (exact) mass is 379 g/mol. The number of hydrogen-bond acceptors (Lipinski definition) is 6. The number of nitrogens with zero attached hydrogens (tertiary/aromatic N) is 1. The molecule has 1 aromatic rings. The van der Waals surface area contributed by atoms with Gasteiger partial charge in [0.05, 0.1) is 4.92 Å². The Balaban J connectivity index is 0.00000326. The smallest absolute Gasteiger partial charge is 0.292 e. The number of nitro groups is 1. The Morgan fingerprint density at radius 3 is 2.52 bits per heavy atom. The first-order valence-corrected chi connectivity index (χ1v) is 9.53. The van der Waals surface area contributed by atoms with E-state index < -0.39 is 4.92 Å². The molecule has 0 bridgehead atoms. The summed E-state index contributed by atoms with van der Waals surface area (Å²) in [5.41, 5.74) is 5.46. The van der Waals surface area contributed by atoms with Crippen LogP contribution < -0.4 is 11.1 Å². The van der Waals surface area contributed by atoms with Crippen molar-refractivity contribution in [2.24, 2.45) is 11.7 Å². The maximum atomic E-state index is 12.7. The van der Waals surface area contributed by atoms with Gasteiger partial charge in [-0.05, 0) is 31.5 Å². The molecule has 0 amide bonds. The predicted molar refractivity (Wildman–Crippen MR) is 109 cm³/mol. The van der Waals surface area contributed by atoms with Crippen molar-refractivity contribution in [3.8, 4) is 0 Å². The van der Waals surface area contributed by atoms with Gasteiger partial charge in [-0.1, -0.05) is 39.7 Å². The summed E-state index contributed by atoms with van der Waals surface area (Å²) in [6, 6.07) is 4.85. The molecule has 0 radical (unpaired) electrons. The molecule has 1 aromatic carbocycles. The quantitative estimate of drug-likeness (QED) is 0.245. The summed E-state index contributed by atoms with van der Waals surface area (Å²) in [5, 5.41) is 14.2. The Bertz CT molecular complexity index is 605. The second-order valence-electron chi connectivity index (χ2n) is 6.29. The van der Waals surface area contributed by atoms with E-state index in [1.165, 1.54) is 13.1 Å². The number of Topliss-reactive ketones (excluding diaryl/α,β-unsaturated/α-hetero) is 1. The minimum absolute atomic E-state index is 0.000556. The third-order valence-corrected chi connectivity index (χ3v) is 4.52. The van der Waals surface area contributed by atoms with Gasteiger partial charge in [0.25, 0.3) is 5.69 Å². The molecule has 3 N–H and O–H groups in total. The Hall–Kier alpha value is -2.28. The molecule has 152 valence electrons. The SMILES string of the molecule is CCCCC(CC)C(=O)C(C)c1ccc(NCCC=O)c([N+](=O)[O-])c1.CN. The van der Waals surface area contributed by atoms with Gasteiger partial charge in [0.15, 0.2) is 0 Å². The zero-order valence-corrected chi connectivity index (χ0v) is 16.9. The van der Waals surface area contributed by atoms with E-state index in [0.29, 0.717) is 17.8 Å². The van der Waals surface area contributed by atoms with Gasteiger partial charge >= 0.3 is 0 Å². The maximum absolute atomic E-state index is 12.7. The number of anilines is 1. The number of nitrogens with one attached hydrogen (secondary N) is 1. The summed E-state index contributed by atoms with van der Waals surface area (Å²) in [7, 11) is 1.50. The van der Waals surface area contributed by atoms with Gasteiger partial charge in [-0.3, -0.25) is 14.9 Å². The van der Waals surface area contributed by atoms with Crippen LogP contribution in [0, 0.1) is 16.0 Å². The molecule has 0 fully saturated rings. The van der Waals surface area contributed by atoms with Crippen molar-refractivity contribution < 1.29 is 14.5 Å². The normalized spacial score (nSPS) is 12.3. The van der Waals surface area contributed by atoms with Gasteiger partial charge in [-0.25, -0.2) is 0 Å². The van der Waals surface area contributed by atoms with E-state index in [2.05, 4.69) is 18.0 Å². The molecule has 7 nitrogen and oxygen atoms in total. The molecule has 0 aromatic heterocycles. The Morgan fingerprint density at radius 1 is 1.33 bits per heavy atom. The van der Waals surface area contributed by atoms with Gasteiger partial charge < -0.3 is 15.8 Å². The summed E-state index contributed by atoms with van der Waals surface area (Å²) in [6.45, 7) is 6.26. The summed E-state index contributed by atoms with van der Waals surface area (Å²) in [6.07, 6.45) is 4.75. The van der Waals surface area contributed by atoms with E-state index in [4.69, 9.17) is 0 Å². The molecule has 7 heteroatoms. The van der Waals surface area contributed by atoms with Gasteiger partial charge in [-0.2, -0.15) is 0 Å². The predicted octanol–water partition coefficient (Wildman–Crippen LogP) is 4.06. The van der Waals surface area contributed by atoms with Crippen LogP contribution >= 0.6 is 0 Å². The van der Waals surface area contributed by atoms with Crippen molar-refractivity contribution in [3.05, 3.63) is 33.9 Å². The molecule has 0 aliphatic rings. The largest absolute Gasteiger partial charge is 0.379 e. The van der Waals surface area contributed by atoms with Gasteiger partial charge in [0, 0.05) is 30.9 Å². The summed E-state index contributed by atoms with van der Waals surface area (Å²) in [5.74, 6) is -0.226. The molecule has 0 saturated heterocycles. The van der Waals surface area contributed by atoms with E-state index in [1.807, 2.05) is 13.8 Å². The standard InChI is InChI=1S/C19H28N2O4.CH5N/c1-4-6-8-15(5-2)19(23)14(3)16-9-10-17(20-11-7-12-22)18(13-16)21(24)25;1-2/h9-10,12-15,20H,4-8,11H2,1-3H3;2H2,1H3. The lowest BCUT2D eigenvalue weighted by Gasteiger charge is -2.19. The molecule has 0 saturated carbocycles. The van der Waals surface area contributed by atoms with Crippen LogP contribution in [0.25, 0.3) is 0 Å². The number of hydrogen-bond donors (Lipinski definition) is 2. The number of unbranched alkanes of at least 4 members (excludes halogenated alkanes) is 1. The number of aldehydes is 1. The highest BCUT2D eigenvalue weighted by Gasteiger charge is 2.25. The molecule has 1 rings (SSSR count). The van der Waals surface area contributed by atoms with Crippen molar-refractivity contribution >= 4 is 23.4 Å². The Labute approximate surface area is 161 Å². The molecular weight excluding hydrogens is 346 g/mol. The third kappa shape index (κ3) is 7.86. The molecule has 27 heavy (non-hydrogen) atoms. The van der Waals surface area contributed by atoms with Crippen LogP contribution in [0.4, 0.5) is 11.4 Å². The molecule has 2 unspecified atom stereocenters. The Morgan fingerprint density at radius 2 is 2.00 bits per heavy atom. The zero-order chi connectivity index (χ0) is 20.8. The topological polar surface area (TPSA) is 115 Å². The average Bonchev–Trinajstić information content (AvgIpc) is 2.69. The first kappa shape index (κ1) is 24.7. The van der Waals surface area contributed by atoms with Crippen LogP contribution in [0.2, 0.25) is 0 Å². The number of ketones is 1. The summed E-state index contributed by atoms with van der Waals surface area (Å²) < 4.78 is 0. The first-order chi connectivity index (χ1) is 13.0. The summed E-state index contributed by atoms with van der Waals surface area (Å²) in [4.78, 5) is 34.0. The van der Waals surface area contributed by atoms with Crippen molar-refractivity contribution in [2.75, 3.05) is 18.9 Å². The van der Waals surface area contributed by atoms with Crippen LogP contribution in [-0.2, 0) is 9.59 Å². The lowest BCUT2D eigenvalue weighted by atomic mass is 9.84. The van der Waals surface area contributed by atoms with E-state index in [9.17, 15) is 19.7 Å². The third-order valence-electron chi connectivity index (χ3n) is 4.52.